The van der Waals surface area contributed by atoms with Crippen molar-refractivity contribution in [2.24, 2.45) is 0 Å². The van der Waals surface area contributed by atoms with Gasteiger partial charge >= 0.3 is 0 Å². The molecular formula is C16H17N3O2. The van der Waals surface area contributed by atoms with Crippen molar-refractivity contribution >= 4 is 16.7 Å². The highest BCUT2D eigenvalue weighted by Crippen LogP contribution is 2.20. The molecule has 3 rings (SSSR count). The van der Waals surface area contributed by atoms with Crippen LogP contribution in [-0.2, 0) is 6.61 Å². The maximum absolute atomic E-state index is 5.88. The summed E-state index contributed by atoms with van der Waals surface area (Å²) in [6, 6.07) is 13.2. The van der Waals surface area contributed by atoms with Gasteiger partial charge in [-0.2, -0.15) is 0 Å². The number of nitrogens with zero attached hydrogens (tertiary/aromatic N) is 1. The van der Waals surface area contributed by atoms with Gasteiger partial charge < -0.3 is 20.2 Å². The van der Waals surface area contributed by atoms with Crippen molar-refractivity contribution in [3.63, 3.8) is 0 Å². The summed E-state index contributed by atoms with van der Waals surface area (Å²) < 4.78 is 11.1. The third kappa shape index (κ3) is 2.91. The first-order valence-corrected chi connectivity index (χ1v) is 6.85. The largest absolute Gasteiger partial charge is 0.494 e. The van der Waals surface area contributed by atoms with Crippen LogP contribution in [0.3, 0.4) is 0 Å². The van der Waals surface area contributed by atoms with E-state index in [0.29, 0.717) is 18.9 Å². The molecule has 0 bridgehead atoms. The number of imidazole rings is 1. The Morgan fingerprint density at radius 2 is 1.76 bits per heavy atom. The van der Waals surface area contributed by atoms with Crippen molar-refractivity contribution < 1.29 is 9.47 Å². The van der Waals surface area contributed by atoms with Gasteiger partial charge in [0.1, 0.15) is 29.4 Å². The lowest BCUT2D eigenvalue weighted by Gasteiger charge is -2.06. The predicted octanol–water partition coefficient (Wildman–Crippen LogP) is 3.12. The molecule has 0 saturated carbocycles. The number of hydrogen-bond acceptors (Lipinski definition) is 4. The zero-order chi connectivity index (χ0) is 14.7. The van der Waals surface area contributed by atoms with Crippen LogP contribution in [-0.4, -0.2) is 16.6 Å². The number of para-hydroxylation sites is 1. The zero-order valence-electron chi connectivity index (χ0n) is 11.8. The van der Waals surface area contributed by atoms with Crippen LogP contribution in [0.1, 0.15) is 12.7 Å². The molecule has 3 aromatic rings. The third-order valence-electron chi connectivity index (χ3n) is 3.10. The number of rotatable bonds is 5. The molecule has 1 heterocycles. The van der Waals surface area contributed by atoms with Crippen molar-refractivity contribution in [2.45, 2.75) is 13.5 Å². The van der Waals surface area contributed by atoms with Gasteiger partial charge in [-0.3, -0.25) is 0 Å². The standard InChI is InChI=1S/C16H17N3O2/c1-2-20-11-6-8-12(9-7-11)21-10-15-18-14-5-3-4-13(17)16(14)19-15/h3-9H,2,10,17H2,1H3,(H,18,19). The highest BCUT2D eigenvalue weighted by Gasteiger charge is 2.06. The van der Waals surface area contributed by atoms with E-state index >= 15 is 0 Å². The Hall–Kier alpha value is -2.69. The van der Waals surface area contributed by atoms with Crippen molar-refractivity contribution in [1.29, 1.82) is 0 Å². The van der Waals surface area contributed by atoms with Crippen LogP contribution in [0.2, 0.25) is 0 Å². The van der Waals surface area contributed by atoms with Crippen LogP contribution < -0.4 is 15.2 Å². The summed E-state index contributed by atoms with van der Waals surface area (Å²) in [4.78, 5) is 7.64. The summed E-state index contributed by atoms with van der Waals surface area (Å²) in [6.45, 7) is 2.97. The molecule has 0 spiro atoms. The first-order valence-electron chi connectivity index (χ1n) is 6.85. The van der Waals surface area contributed by atoms with Gasteiger partial charge in [-0.05, 0) is 43.3 Å². The van der Waals surface area contributed by atoms with E-state index in [1.165, 1.54) is 0 Å². The lowest BCUT2D eigenvalue weighted by Crippen LogP contribution is -1.97. The summed E-state index contributed by atoms with van der Waals surface area (Å²) in [5, 5.41) is 0. The van der Waals surface area contributed by atoms with Gasteiger partial charge in [0, 0.05) is 0 Å². The predicted molar refractivity (Wildman–Crippen MR) is 82.4 cm³/mol. The van der Waals surface area contributed by atoms with Crippen LogP contribution in [0.5, 0.6) is 11.5 Å². The number of aromatic amines is 1. The molecule has 0 aliphatic rings. The third-order valence-corrected chi connectivity index (χ3v) is 3.10. The number of nitrogen functional groups attached to an aromatic ring is 1. The van der Waals surface area contributed by atoms with E-state index in [9.17, 15) is 0 Å². The fourth-order valence-corrected chi connectivity index (χ4v) is 2.12. The van der Waals surface area contributed by atoms with Gasteiger partial charge in [0.05, 0.1) is 17.8 Å². The number of fused-ring (bicyclic) bond motifs is 1. The summed E-state index contributed by atoms with van der Waals surface area (Å²) in [5.74, 6) is 2.35. The van der Waals surface area contributed by atoms with E-state index in [2.05, 4.69) is 9.97 Å². The number of benzene rings is 2. The Balaban J connectivity index is 1.69. The van der Waals surface area contributed by atoms with Crippen LogP contribution in [0.4, 0.5) is 5.69 Å². The van der Waals surface area contributed by atoms with Crippen LogP contribution in [0, 0.1) is 0 Å². The maximum atomic E-state index is 5.88. The minimum absolute atomic E-state index is 0.363. The molecule has 108 valence electrons. The van der Waals surface area contributed by atoms with E-state index in [0.717, 1.165) is 28.4 Å². The lowest BCUT2D eigenvalue weighted by atomic mass is 10.3. The Labute approximate surface area is 122 Å². The SMILES string of the molecule is CCOc1ccc(OCc2nc3c(N)cccc3[nH]2)cc1. The molecule has 0 saturated heterocycles. The molecule has 0 fully saturated rings. The van der Waals surface area contributed by atoms with Gasteiger partial charge in [0.25, 0.3) is 0 Å². The minimum atomic E-state index is 0.363. The molecule has 0 aliphatic carbocycles. The average molecular weight is 283 g/mol. The molecule has 5 heteroatoms. The molecule has 0 aliphatic heterocycles. The van der Waals surface area contributed by atoms with E-state index in [1.807, 2.05) is 49.4 Å². The molecule has 5 nitrogen and oxygen atoms in total. The molecule has 0 atom stereocenters. The summed E-state index contributed by atoms with van der Waals surface area (Å²) in [7, 11) is 0. The lowest BCUT2D eigenvalue weighted by molar-refractivity contribution is 0.296. The molecular weight excluding hydrogens is 266 g/mol. The second-order valence-electron chi connectivity index (χ2n) is 4.62. The van der Waals surface area contributed by atoms with Gasteiger partial charge in [0.15, 0.2) is 0 Å². The van der Waals surface area contributed by atoms with E-state index in [-0.39, 0.29) is 0 Å². The van der Waals surface area contributed by atoms with Crippen molar-refractivity contribution in [3.05, 3.63) is 48.3 Å². The molecule has 3 N–H and O–H groups in total. The summed E-state index contributed by atoms with van der Waals surface area (Å²) in [6.07, 6.45) is 0. The molecule has 0 radical (unpaired) electrons. The van der Waals surface area contributed by atoms with Crippen molar-refractivity contribution in [1.82, 2.24) is 9.97 Å². The Bertz CT molecular complexity index is 735. The highest BCUT2D eigenvalue weighted by molar-refractivity contribution is 5.86. The quantitative estimate of drug-likeness (QED) is 0.706. The van der Waals surface area contributed by atoms with Gasteiger partial charge in [0.2, 0.25) is 0 Å². The van der Waals surface area contributed by atoms with Gasteiger partial charge in [-0.15, -0.1) is 0 Å². The number of H-pyrrole nitrogens is 1. The summed E-state index contributed by atoms with van der Waals surface area (Å²) >= 11 is 0. The average Bonchev–Trinajstić information content (AvgIpc) is 2.91. The normalized spacial score (nSPS) is 10.7. The second kappa shape index (κ2) is 5.75. The maximum Gasteiger partial charge on any atom is 0.146 e. The number of nitrogens with one attached hydrogen (secondary N) is 1. The second-order valence-corrected chi connectivity index (χ2v) is 4.62. The first kappa shape index (κ1) is 13.3. The number of anilines is 1. The van der Waals surface area contributed by atoms with Gasteiger partial charge in [-0.1, -0.05) is 6.07 Å². The monoisotopic (exact) mass is 283 g/mol. The smallest absolute Gasteiger partial charge is 0.146 e. The molecule has 1 aromatic heterocycles. The van der Waals surface area contributed by atoms with Gasteiger partial charge in [-0.25, -0.2) is 4.98 Å². The number of nitrogens with two attached hydrogens (primary N) is 1. The Morgan fingerprint density at radius 1 is 1.05 bits per heavy atom. The molecule has 2 aromatic carbocycles. The van der Waals surface area contributed by atoms with Crippen LogP contribution in [0.25, 0.3) is 11.0 Å². The zero-order valence-corrected chi connectivity index (χ0v) is 11.8. The summed E-state index contributed by atoms with van der Waals surface area (Å²) in [5.41, 5.74) is 8.25. The number of ether oxygens (including phenoxy) is 2. The fourth-order valence-electron chi connectivity index (χ4n) is 2.12. The topological polar surface area (TPSA) is 73.2 Å². The Morgan fingerprint density at radius 3 is 2.43 bits per heavy atom. The fraction of sp³-hybridized carbons (Fsp3) is 0.188. The first-order chi connectivity index (χ1) is 10.3. The minimum Gasteiger partial charge on any atom is -0.494 e. The van der Waals surface area contributed by atoms with E-state index in [4.69, 9.17) is 15.2 Å². The highest BCUT2D eigenvalue weighted by atomic mass is 16.5. The van der Waals surface area contributed by atoms with Crippen LogP contribution in [0.15, 0.2) is 42.5 Å². The molecule has 0 unspecified atom stereocenters. The van der Waals surface area contributed by atoms with Crippen molar-refractivity contribution in [3.8, 4) is 11.5 Å². The van der Waals surface area contributed by atoms with E-state index < -0.39 is 0 Å². The number of hydrogen-bond donors (Lipinski definition) is 2. The van der Waals surface area contributed by atoms with Crippen LogP contribution >= 0.6 is 0 Å². The molecule has 21 heavy (non-hydrogen) atoms. The van der Waals surface area contributed by atoms with Crippen molar-refractivity contribution in [2.75, 3.05) is 12.3 Å². The molecule has 0 amide bonds. The van der Waals surface area contributed by atoms with E-state index in [1.54, 1.807) is 0 Å². The Kier molecular flexibility index (Phi) is 3.64. The number of aromatic nitrogens is 2.